The molecule has 1 aliphatic rings. The molecule has 1 aliphatic heterocycles. The maximum Gasteiger partial charge on any atom is 0.204 e. The Hall–Kier alpha value is -2.04. The third-order valence-corrected chi connectivity index (χ3v) is 4.70. The molecule has 1 heterocycles. The van der Waals surface area contributed by atoms with Crippen LogP contribution in [0.15, 0.2) is 60.7 Å². The fourth-order valence-electron chi connectivity index (χ4n) is 2.22. The van der Waals surface area contributed by atoms with Crippen molar-refractivity contribution in [2.24, 2.45) is 0 Å². The summed E-state index contributed by atoms with van der Waals surface area (Å²) in [5.41, 5.74) is 1.49. The number of thioether (sulfide) groups is 1. The predicted molar refractivity (Wildman–Crippen MR) is 83.9 cm³/mol. The number of carbonyl (C=O) groups is 1. The molecule has 0 saturated heterocycles. The van der Waals surface area contributed by atoms with Crippen LogP contribution in [0.25, 0.3) is 4.91 Å². The molecular formula is C17H14O3S. The van der Waals surface area contributed by atoms with Gasteiger partial charge >= 0.3 is 0 Å². The second-order valence-corrected chi connectivity index (χ2v) is 5.95. The van der Waals surface area contributed by atoms with E-state index in [2.05, 4.69) is 0 Å². The van der Waals surface area contributed by atoms with Gasteiger partial charge in [-0.25, -0.2) is 0 Å². The van der Waals surface area contributed by atoms with E-state index < -0.39 is 4.93 Å². The van der Waals surface area contributed by atoms with Gasteiger partial charge in [-0.05, 0) is 23.8 Å². The SMILES string of the molecule is COc1ccc(C2(O)SC(c3ccccc3)=CC2=O)cc1. The van der Waals surface area contributed by atoms with Crippen LogP contribution in [-0.2, 0) is 9.73 Å². The van der Waals surface area contributed by atoms with Crippen molar-refractivity contribution in [3.8, 4) is 5.75 Å². The van der Waals surface area contributed by atoms with Crippen molar-refractivity contribution in [1.29, 1.82) is 0 Å². The minimum Gasteiger partial charge on any atom is -0.497 e. The number of benzene rings is 2. The van der Waals surface area contributed by atoms with Crippen molar-refractivity contribution in [1.82, 2.24) is 0 Å². The fourth-order valence-corrected chi connectivity index (χ4v) is 3.37. The van der Waals surface area contributed by atoms with Crippen LogP contribution in [0.1, 0.15) is 11.1 Å². The van der Waals surface area contributed by atoms with E-state index in [0.29, 0.717) is 11.3 Å². The van der Waals surface area contributed by atoms with Crippen LogP contribution in [0, 0.1) is 0 Å². The Balaban J connectivity index is 1.92. The summed E-state index contributed by atoms with van der Waals surface area (Å²) in [5.74, 6) is 0.380. The van der Waals surface area contributed by atoms with Crippen molar-refractivity contribution >= 4 is 22.5 Å². The van der Waals surface area contributed by atoms with Gasteiger partial charge in [-0.15, -0.1) is 0 Å². The highest BCUT2D eigenvalue weighted by atomic mass is 32.2. The van der Waals surface area contributed by atoms with Gasteiger partial charge in [-0.2, -0.15) is 0 Å². The van der Waals surface area contributed by atoms with Gasteiger partial charge in [-0.3, -0.25) is 4.79 Å². The molecule has 2 aromatic rings. The van der Waals surface area contributed by atoms with E-state index >= 15 is 0 Å². The topological polar surface area (TPSA) is 46.5 Å². The van der Waals surface area contributed by atoms with Gasteiger partial charge in [0.1, 0.15) is 5.75 Å². The lowest BCUT2D eigenvalue weighted by molar-refractivity contribution is -0.124. The van der Waals surface area contributed by atoms with E-state index in [1.807, 2.05) is 30.3 Å². The van der Waals surface area contributed by atoms with E-state index in [-0.39, 0.29) is 5.78 Å². The van der Waals surface area contributed by atoms with Gasteiger partial charge < -0.3 is 9.84 Å². The van der Waals surface area contributed by atoms with E-state index in [9.17, 15) is 9.90 Å². The molecule has 3 nitrogen and oxygen atoms in total. The number of rotatable bonds is 3. The van der Waals surface area contributed by atoms with Crippen molar-refractivity contribution in [2.45, 2.75) is 4.93 Å². The lowest BCUT2D eigenvalue weighted by atomic mass is 10.0. The summed E-state index contributed by atoms with van der Waals surface area (Å²) in [6.07, 6.45) is 1.50. The first kappa shape index (κ1) is 13.9. The van der Waals surface area contributed by atoms with Gasteiger partial charge in [0.15, 0.2) is 0 Å². The summed E-state index contributed by atoms with van der Waals surface area (Å²) >= 11 is 1.17. The van der Waals surface area contributed by atoms with Crippen LogP contribution >= 0.6 is 11.8 Å². The first-order valence-corrected chi connectivity index (χ1v) is 7.32. The standard InChI is InChI=1S/C17H14O3S/c1-20-14-9-7-13(8-10-14)17(19)16(18)11-15(21-17)12-5-3-2-4-6-12/h2-11,19H,1H3. The zero-order chi connectivity index (χ0) is 14.9. The molecule has 2 aromatic carbocycles. The Morgan fingerprint density at radius 2 is 1.71 bits per heavy atom. The molecule has 0 radical (unpaired) electrons. The quantitative estimate of drug-likeness (QED) is 0.945. The number of ether oxygens (including phenoxy) is 1. The van der Waals surface area contributed by atoms with Crippen molar-refractivity contribution < 1.29 is 14.6 Å². The Kier molecular flexibility index (Phi) is 3.57. The van der Waals surface area contributed by atoms with Gasteiger partial charge in [0, 0.05) is 10.5 Å². The maximum atomic E-state index is 12.3. The van der Waals surface area contributed by atoms with E-state index in [0.717, 1.165) is 10.5 Å². The summed E-state index contributed by atoms with van der Waals surface area (Å²) in [5, 5.41) is 10.7. The molecule has 0 bridgehead atoms. The van der Waals surface area contributed by atoms with Crippen LogP contribution in [0.4, 0.5) is 0 Å². The molecule has 0 saturated carbocycles. The average molecular weight is 298 g/mol. The average Bonchev–Trinajstić information content (AvgIpc) is 2.85. The van der Waals surface area contributed by atoms with Gasteiger partial charge in [0.05, 0.1) is 7.11 Å². The molecule has 4 heteroatoms. The normalized spacial score (nSPS) is 21.2. The second kappa shape index (κ2) is 5.39. The van der Waals surface area contributed by atoms with Crippen LogP contribution in [0.5, 0.6) is 5.75 Å². The van der Waals surface area contributed by atoms with E-state index in [1.54, 1.807) is 31.4 Å². The molecule has 3 rings (SSSR count). The summed E-state index contributed by atoms with van der Waals surface area (Å²) in [6.45, 7) is 0. The smallest absolute Gasteiger partial charge is 0.204 e. The monoisotopic (exact) mass is 298 g/mol. The molecule has 1 atom stereocenters. The molecule has 21 heavy (non-hydrogen) atoms. The second-order valence-electron chi connectivity index (χ2n) is 4.71. The van der Waals surface area contributed by atoms with Gasteiger partial charge in [-0.1, -0.05) is 54.2 Å². The summed E-state index contributed by atoms with van der Waals surface area (Å²) in [7, 11) is 1.58. The minimum absolute atomic E-state index is 0.309. The Morgan fingerprint density at radius 1 is 1.05 bits per heavy atom. The van der Waals surface area contributed by atoms with Crippen molar-refractivity contribution in [3.63, 3.8) is 0 Å². The molecule has 0 aliphatic carbocycles. The lowest BCUT2D eigenvalue weighted by Gasteiger charge is -2.21. The predicted octanol–water partition coefficient (Wildman–Crippen LogP) is 3.20. The van der Waals surface area contributed by atoms with Crippen molar-refractivity contribution in [2.75, 3.05) is 7.11 Å². The first-order chi connectivity index (χ1) is 10.1. The van der Waals surface area contributed by atoms with Gasteiger partial charge in [0.2, 0.25) is 10.7 Å². The molecule has 106 valence electrons. The zero-order valence-electron chi connectivity index (χ0n) is 11.4. The largest absolute Gasteiger partial charge is 0.497 e. The lowest BCUT2D eigenvalue weighted by Crippen LogP contribution is -2.27. The highest BCUT2D eigenvalue weighted by Crippen LogP contribution is 2.49. The maximum absolute atomic E-state index is 12.3. The third kappa shape index (κ3) is 2.48. The van der Waals surface area contributed by atoms with Crippen LogP contribution in [0.3, 0.4) is 0 Å². The third-order valence-electron chi connectivity index (χ3n) is 3.39. The van der Waals surface area contributed by atoms with Gasteiger partial charge in [0.25, 0.3) is 0 Å². The number of carbonyl (C=O) groups excluding carboxylic acids is 1. The number of hydrogen-bond donors (Lipinski definition) is 1. The van der Waals surface area contributed by atoms with E-state index in [4.69, 9.17) is 4.74 Å². The molecule has 1 unspecified atom stereocenters. The zero-order valence-corrected chi connectivity index (χ0v) is 12.3. The molecule has 0 fully saturated rings. The highest BCUT2D eigenvalue weighted by molar-refractivity contribution is 8.10. The Bertz CT molecular complexity index is 692. The summed E-state index contributed by atoms with van der Waals surface area (Å²) in [4.78, 5) is 11.5. The number of aliphatic hydroxyl groups is 1. The summed E-state index contributed by atoms with van der Waals surface area (Å²) in [6, 6.07) is 16.5. The van der Waals surface area contributed by atoms with E-state index in [1.165, 1.54) is 17.8 Å². The molecule has 1 N–H and O–H groups in total. The van der Waals surface area contributed by atoms with Crippen molar-refractivity contribution in [3.05, 3.63) is 71.8 Å². The molecule has 0 spiro atoms. The summed E-state index contributed by atoms with van der Waals surface area (Å²) < 4.78 is 5.10. The number of hydrogen-bond acceptors (Lipinski definition) is 4. The molecular weight excluding hydrogens is 284 g/mol. The number of methoxy groups -OCH3 is 1. The highest BCUT2D eigenvalue weighted by Gasteiger charge is 2.43. The van der Waals surface area contributed by atoms with Crippen LogP contribution in [0.2, 0.25) is 0 Å². The Morgan fingerprint density at radius 3 is 2.33 bits per heavy atom. The first-order valence-electron chi connectivity index (χ1n) is 6.51. The molecule has 0 amide bonds. The number of ketones is 1. The van der Waals surface area contributed by atoms with Crippen LogP contribution in [-0.4, -0.2) is 18.0 Å². The van der Waals surface area contributed by atoms with Crippen LogP contribution < -0.4 is 4.74 Å². The molecule has 0 aromatic heterocycles. The minimum atomic E-state index is -1.56. The Labute approximate surface area is 127 Å². The fraction of sp³-hybridized carbons (Fsp3) is 0.118.